The van der Waals surface area contributed by atoms with E-state index in [1.807, 2.05) is 0 Å². The summed E-state index contributed by atoms with van der Waals surface area (Å²) in [6.07, 6.45) is 44.3. The third-order valence-electron chi connectivity index (χ3n) is 24.8. The molecular weight excluding hydrogens is 1370 g/mol. The predicted octanol–water partition coefficient (Wildman–Crippen LogP) is 30.6. The van der Waals surface area contributed by atoms with Crippen molar-refractivity contribution < 1.29 is 0 Å². The van der Waals surface area contributed by atoms with Crippen molar-refractivity contribution in [1.29, 1.82) is 0 Å². The average molecular weight is 1480 g/mol. The first-order chi connectivity index (χ1) is 54.9. The molecule has 568 valence electrons. The van der Waals surface area contributed by atoms with Gasteiger partial charge in [0.25, 0.3) is 0 Å². The first-order valence-corrected chi connectivity index (χ1v) is 41.6. The third-order valence-corrected chi connectivity index (χ3v) is 24.8. The molecule has 0 N–H and O–H groups in total. The lowest BCUT2D eigenvalue weighted by Crippen LogP contribution is -2.73. The summed E-state index contributed by atoms with van der Waals surface area (Å²) in [6.45, 7) is 27.8. The minimum absolute atomic E-state index is 0.00491. The van der Waals surface area contributed by atoms with Gasteiger partial charge in [-0.25, -0.2) is 0 Å². The Morgan fingerprint density at radius 2 is 0.368 bits per heavy atom. The zero-order chi connectivity index (χ0) is 79.3. The molecule has 0 amide bonds. The van der Waals surface area contributed by atoms with Crippen LogP contribution in [0.15, 0.2) is 291 Å². The van der Waals surface area contributed by atoms with Crippen molar-refractivity contribution >= 4 is 97.2 Å². The fourth-order valence-electron chi connectivity index (χ4n) is 19.6. The molecule has 4 saturated carbocycles. The second-order valence-electron chi connectivity index (χ2n) is 36.7. The highest BCUT2D eigenvalue weighted by Crippen LogP contribution is 2.79. The first-order valence-electron chi connectivity index (χ1n) is 41.6. The molecule has 4 aliphatic rings. The Kier molecular flexibility index (Phi) is 22.2. The van der Waals surface area contributed by atoms with Crippen LogP contribution in [0.3, 0.4) is 0 Å². The summed E-state index contributed by atoms with van der Waals surface area (Å²) in [5.41, 5.74) is 27.5. The van der Waals surface area contributed by atoms with Gasteiger partial charge in [-0.3, -0.25) is 0 Å². The van der Waals surface area contributed by atoms with Crippen LogP contribution in [0.2, 0.25) is 0 Å². The summed E-state index contributed by atoms with van der Waals surface area (Å²) in [5, 5.41) is 0. The fraction of sp³-hybridized carbons (Fsp3) is 0.228. The molecule has 0 saturated heterocycles. The van der Waals surface area contributed by atoms with Gasteiger partial charge < -0.3 is 0 Å². The Balaban J connectivity index is 1.18. The first kappa shape index (κ1) is 77.9. The molecule has 4 bridgehead atoms. The van der Waals surface area contributed by atoms with Crippen molar-refractivity contribution in [1.82, 2.24) is 0 Å². The van der Waals surface area contributed by atoms with E-state index >= 15 is 0 Å². The molecule has 0 aromatic heterocycles. The molecule has 0 heteroatoms. The van der Waals surface area contributed by atoms with Gasteiger partial charge in [0, 0.05) is 16.2 Å². The zero-order valence-electron chi connectivity index (χ0n) is 69.1. The summed E-state index contributed by atoms with van der Waals surface area (Å²) < 4.78 is 0. The molecule has 4 aliphatic carbocycles. The maximum absolute atomic E-state index is 2.52. The topological polar surface area (TPSA) is 0 Å². The van der Waals surface area contributed by atoms with Crippen molar-refractivity contribution in [3.63, 3.8) is 0 Å². The Morgan fingerprint density at radius 3 is 0.553 bits per heavy atom. The smallest absolute Gasteiger partial charge is 0.0420 e. The summed E-state index contributed by atoms with van der Waals surface area (Å²) in [4.78, 5) is 0. The quantitative estimate of drug-likeness (QED) is 0.0667. The fourth-order valence-corrected chi connectivity index (χ4v) is 19.6. The van der Waals surface area contributed by atoms with Gasteiger partial charge >= 0.3 is 0 Å². The molecule has 0 spiro atoms. The summed E-state index contributed by atoms with van der Waals surface area (Å²) in [6, 6.07) is 111. The Hall–Kier alpha value is -11.4. The van der Waals surface area contributed by atoms with Crippen LogP contribution in [-0.2, 0) is 37.9 Å². The lowest BCUT2D eigenvalue weighted by atomic mass is 9.27. The normalized spacial score (nSPS) is 19.4. The highest BCUT2D eigenvalue weighted by Gasteiger charge is 2.76. The van der Waals surface area contributed by atoms with E-state index in [4.69, 9.17) is 0 Å². The number of hydrogen-bond donors (Lipinski definition) is 0. The van der Waals surface area contributed by atoms with E-state index in [9.17, 15) is 0 Å². The minimum atomic E-state index is -0.977. The van der Waals surface area contributed by atoms with Gasteiger partial charge in [-0.15, -0.1) is 0 Å². The van der Waals surface area contributed by atoms with Gasteiger partial charge in [0.2, 0.25) is 0 Å². The molecule has 0 atom stereocenters. The third kappa shape index (κ3) is 16.4. The van der Waals surface area contributed by atoms with Crippen LogP contribution >= 0.6 is 0 Å². The van der Waals surface area contributed by atoms with Gasteiger partial charge in [0.15, 0.2) is 0 Å². The van der Waals surface area contributed by atoms with Gasteiger partial charge in [0.05, 0.1) is 0 Å². The van der Waals surface area contributed by atoms with E-state index in [2.05, 4.69) is 471 Å². The van der Waals surface area contributed by atoms with Crippen molar-refractivity contribution in [2.24, 2.45) is 11.8 Å². The summed E-state index contributed by atoms with van der Waals surface area (Å²) in [5.74, 6) is 0.650. The maximum Gasteiger partial charge on any atom is 0.0420 e. The van der Waals surface area contributed by atoms with Crippen LogP contribution in [0.25, 0.3) is 97.2 Å². The number of hydrogen-bond acceptors (Lipinski definition) is 0. The van der Waals surface area contributed by atoms with E-state index in [0.29, 0.717) is 11.8 Å². The second-order valence-corrected chi connectivity index (χ2v) is 36.7. The SMILES string of the molecule is CC(C)(C)c1ccc(C=Cc2cccc(C=Cc3ccccc3)c2C23CC4CC(C2)CC(c2c(C=Cc5ccccc5)cccc2C=Cc2ccc(C(C)(C)C)cc2)(C4)C3(c2c(C=Cc3ccccc3)cccc2C=Cc2ccc(C(C)(C)C)cc2)c2c(C=Cc3ccccc3)cccc2C=Cc2ccc(C(C)(C)C)cc2)cc1. The van der Waals surface area contributed by atoms with E-state index in [1.165, 1.54) is 111 Å². The molecule has 12 aromatic carbocycles. The van der Waals surface area contributed by atoms with Gasteiger partial charge in [0.1, 0.15) is 0 Å². The molecule has 114 heavy (non-hydrogen) atoms. The van der Waals surface area contributed by atoms with Gasteiger partial charge in [-0.1, -0.05) is 471 Å². The van der Waals surface area contributed by atoms with Crippen LogP contribution in [0.5, 0.6) is 0 Å². The predicted molar refractivity (Wildman–Crippen MR) is 498 cm³/mol. The van der Waals surface area contributed by atoms with Gasteiger partial charge in [-0.05, 0) is 199 Å². The largest absolute Gasteiger partial charge is 0.0622 e. The second kappa shape index (κ2) is 32.6. The minimum Gasteiger partial charge on any atom is -0.0622 e. The number of benzene rings is 12. The van der Waals surface area contributed by atoms with Crippen molar-refractivity contribution in [3.8, 4) is 0 Å². The lowest BCUT2D eigenvalue weighted by molar-refractivity contribution is -0.0909. The Bertz CT molecular complexity index is 5230. The van der Waals surface area contributed by atoms with Crippen LogP contribution in [0.4, 0.5) is 0 Å². The van der Waals surface area contributed by atoms with Crippen LogP contribution in [-0.4, -0.2) is 0 Å². The Labute approximate surface area is 682 Å². The molecule has 0 unspecified atom stereocenters. The maximum atomic E-state index is 2.52. The molecule has 0 radical (unpaired) electrons. The molecule has 0 aliphatic heterocycles. The van der Waals surface area contributed by atoms with Crippen molar-refractivity contribution in [2.75, 3.05) is 0 Å². The summed E-state index contributed by atoms with van der Waals surface area (Å²) >= 11 is 0. The van der Waals surface area contributed by atoms with Crippen LogP contribution in [0.1, 0.15) is 249 Å². The molecular formula is C114H112. The van der Waals surface area contributed by atoms with Crippen LogP contribution < -0.4 is 0 Å². The molecule has 0 nitrogen and oxygen atoms in total. The molecule has 16 rings (SSSR count). The van der Waals surface area contributed by atoms with E-state index in [0.717, 1.165) is 54.4 Å². The standard InChI is InChI=1S/C114H112/c1-108(2,3)100-69-53-86(54-70-100)49-63-94-39-25-37-92(61-45-82-29-17-13-18-30-82)104(94)112-78-90-77-91(79-112)81-113(80-90,105-93(62-46-83-31-19-14-20-32-83)38-26-40-95(105)64-50-87-55-71-101(72-56-87)109(4,5)6)114(112,106-96(65-47-84-33-21-15-22-34-84)41-27-43-98(106)67-51-88-57-73-102(74-58-88)110(7,8)9)107-97(66-48-85-35-23-16-24-36-85)42-28-44-99(107)68-52-89-59-75-103(76-60-89)111(10,11)12/h13-76,90-91H,77-81H2,1-12H3. The number of rotatable bonds is 20. The van der Waals surface area contributed by atoms with E-state index in [1.54, 1.807) is 0 Å². The highest BCUT2D eigenvalue weighted by molar-refractivity contribution is 5.90. The van der Waals surface area contributed by atoms with E-state index in [-0.39, 0.29) is 21.7 Å². The van der Waals surface area contributed by atoms with Crippen LogP contribution in [0, 0.1) is 11.8 Å². The van der Waals surface area contributed by atoms with Crippen molar-refractivity contribution in [2.45, 2.75) is 153 Å². The highest BCUT2D eigenvalue weighted by atomic mass is 14.8. The molecule has 4 fully saturated rings. The molecule has 0 heterocycles. The Morgan fingerprint density at radius 1 is 0.193 bits per heavy atom. The van der Waals surface area contributed by atoms with Gasteiger partial charge in [-0.2, -0.15) is 0 Å². The zero-order valence-corrected chi connectivity index (χ0v) is 69.1. The van der Waals surface area contributed by atoms with E-state index < -0.39 is 16.2 Å². The summed E-state index contributed by atoms with van der Waals surface area (Å²) in [7, 11) is 0. The average Bonchev–Trinajstić information content (AvgIpc) is 0.636. The van der Waals surface area contributed by atoms with Crippen molar-refractivity contribution in [3.05, 3.63) is 425 Å². The molecule has 12 aromatic rings. The lowest BCUT2D eigenvalue weighted by Gasteiger charge is -2.75. The monoisotopic (exact) mass is 1480 g/mol.